The predicted octanol–water partition coefficient (Wildman–Crippen LogP) is 1.04. The normalized spacial score (nSPS) is 20.9. The molecule has 80 valence electrons. The monoisotopic (exact) mass is 205 g/mol. The Hall–Kier alpha value is -1.32. The van der Waals surface area contributed by atoms with E-state index in [1.165, 1.54) is 0 Å². The van der Waals surface area contributed by atoms with Gasteiger partial charge in [-0.3, -0.25) is 0 Å². The van der Waals surface area contributed by atoms with Crippen molar-refractivity contribution < 1.29 is 9.84 Å². The fraction of sp³-hybridized carbons (Fsp3) is 0.333. The molecule has 0 saturated heterocycles. The zero-order valence-corrected chi connectivity index (χ0v) is 8.73. The number of aliphatic hydroxyl groups excluding tert-OH is 1. The second-order valence-electron chi connectivity index (χ2n) is 3.59. The van der Waals surface area contributed by atoms with Gasteiger partial charge in [0, 0.05) is 18.7 Å². The van der Waals surface area contributed by atoms with Crippen molar-refractivity contribution in [3.63, 3.8) is 0 Å². The molecular formula is C12H15NO2. The number of para-hydroxylation sites is 1. The number of rotatable bonds is 2. The van der Waals surface area contributed by atoms with Crippen LogP contribution in [0.2, 0.25) is 0 Å². The molecule has 3 nitrogen and oxygen atoms in total. The summed E-state index contributed by atoms with van der Waals surface area (Å²) in [6, 6.07) is 7.84. The fourth-order valence-corrected chi connectivity index (χ4v) is 1.80. The Morgan fingerprint density at radius 3 is 2.93 bits per heavy atom. The summed E-state index contributed by atoms with van der Waals surface area (Å²) in [6.07, 6.45) is 1.48. The third-order valence-corrected chi connectivity index (χ3v) is 2.52. The molecule has 0 radical (unpaired) electrons. The number of methoxy groups -OCH3 is 1. The first kappa shape index (κ1) is 10.2. The van der Waals surface area contributed by atoms with Gasteiger partial charge in [-0.2, -0.15) is 0 Å². The van der Waals surface area contributed by atoms with Crippen LogP contribution in [-0.2, 0) is 0 Å². The van der Waals surface area contributed by atoms with Crippen LogP contribution < -0.4 is 10.1 Å². The van der Waals surface area contributed by atoms with Gasteiger partial charge < -0.3 is 15.2 Å². The van der Waals surface area contributed by atoms with Gasteiger partial charge in [-0.1, -0.05) is 18.2 Å². The number of β-amino-alcohol motifs (C(OH)–C–C–N with tert-alkyl or cyclic N) is 1. The Morgan fingerprint density at radius 1 is 1.40 bits per heavy atom. The molecule has 0 spiro atoms. The van der Waals surface area contributed by atoms with Crippen LogP contribution in [0.5, 0.6) is 5.75 Å². The van der Waals surface area contributed by atoms with E-state index in [0.29, 0.717) is 6.54 Å². The molecule has 2 rings (SSSR count). The summed E-state index contributed by atoms with van der Waals surface area (Å²) >= 11 is 0. The summed E-state index contributed by atoms with van der Waals surface area (Å²) in [7, 11) is 1.66. The Kier molecular flexibility index (Phi) is 3.04. The highest BCUT2D eigenvalue weighted by Gasteiger charge is 2.14. The summed E-state index contributed by atoms with van der Waals surface area (Å²) in [5.41, 5.74) is 2.14. The summed E-state index contributed by atoms with van der Waals surface area (Å²) in [5, 5.41) is 12.7. The lowest BCUT2D eigenvalue weighted by Gasteiger charge is -2.20. The molecule has 1 heterocycles. The van der Waals surface area contributed by atoms with Gasteiger partial charge in [0.2, 0.25) is 0 Å². The first-order valence-corrected chi connectivity index (χ1v) is 5.04. The van der Waals surface area contributed by atoms with Gasteiger partial charge in [-0.05, 0) is 17.7 Å². The van der Waals surface area contributed by atoms with Gasteiger partial charge in [0.25, 0.3) is 0 Å². The molecule has 1 aromatic rings. The van der Waals surface area contributed by atoms with Gasteiger partial charge in [0.05, 0.1) is 13.2 Å². The number of nitrogens with one attached hydrogen (secondary N) is 1. The summed E-state index contributed by atoms with van der Waals surface area (Å²) in [5.74, 6) is 0.847. The Balaban J connectivity index is 2.36. The van der Waals surface area contributed by atoms with Crippen molar-refractivity contribution in [1.29, 1.82) is 0 Å². The number of benzene rings is 1. The average molecular weight is 205 g/mol. The maximum atomic E-state index is 9.52. The average Bonchev–Trinajstić information content (AvgIpc) is 2.29. The van der Waals surface area contributed by atoms with Crippen molar-refractivity contribution >= 4 is 5.57 Å². The van der Waals surface area contributed by atoms with E-state index >= 15 is 0 Å². The standard InChI is InChI=1S/C12H15NO2/c1-15-12-5-3-2-4-11(12)9-6-10(14)8-13-7-9/h2-6,10,13-14H,7-8H2,1H3. The minimum Gasteiger partial charge on any atom is -0.496 e. The van der Waals surface area contributed by atoms with Crippen molar-refractivity contribution in [3.05, 3.63) is 35.9 Å². The molecule has 2 N–H and O–H groups in total. The molecule has 0 fully saturated rings. The van der Waals surface area contributed by atoms with Crippen LogP contribution in [0.3, 0.4) is 0 Å². The van der Waals surface area contributed by atoms with Crippen molar-refractivity contribution in [3.8, 4) is 5.75 Å². The topological polar surface area (TPSA) is 41.5 Å². The van der Waals surface area contributed by atoms with Crippen molar-refractivity contribution in [2.75, 3.05) is 20.2 Å². The minimum absolute atomic E-state index is 0.404. The molecule has 0 aromatic heterocycles. The highest BCUT2D eigenvalue weighted by atomic mass is 16.5. The Bertz CT molecular complexity index is 374. The van der Waals surface area contributed by atoms with Gasteiger partial charge in [0.15, 0.2) is 0 Å². The van der Waals surface area contributed by atoms with Crippen LogP contribution in [0.25, 0.3) is 5.57 Å². The minimum atomic E-state index is -0.404. The lowest BCUT2D eigenvalue weighted by atomic mass is 10.0. The summed E-state index contributed by atoms with van der Waals surface area (Å²) in [6.45, 7) is 1.40. The Labute approximate surface area is 89.4 Å². The lowest BCUT2D eigenvalue weighted by Crippen LogP contribution is -2.31. The SMILES string of the molecule is COc1ccccc1C1=CC(O)CNC1. The predicted molar refractivity (Wildman–Crippen MR) is 59.8 cm³/mol. The molecule has 1 atom stereocenters. The van der Waals surface area contributed by atoms with Gasteiger partial charge >= 0.3 is 0 Å². The van der Waals surface area contributed by atoms with E-state index in [4.69, 9.17) is 4.74 Å². The molecule has 0 amide bonds. The van der Waals surface area contributed by atoms with Crippen LogP contribution in [0.1, 0.15) is 5.56 Å². The van der Waals surface area contributed by atoms with E-state index < -0.39 is 6.10 Å². The first-order valence-electron chi connectivity index (χ1n) is 5.04. The van der Waals surface area contributed by atoms with E-state index in [-0.39, 0.29) is 0 Å². The highest BCUT2D eigenvalue weighted by Crippen LogP contribution is 2.26. The van der Waals surface area contributed by atoms with Crippen molar-refractivity contribution in [2.24, 2.45) is 0 Å². The second kappa shape index (κ2) is 4.47. The third kappa shape index (κ3) is 2.19. The van der Waals surface area contributed by atoms with E-state index in [2.05, 4.69) is 5.32 Å². The second-order valence-corrected chi connectivity index (χ2v) is 3.59. The zero-order valence-electron chi connectivity index (χ0n) is 8.73. The molecule has 15 heavy (non-hydrogen) atoms. The van der Waals surface area contributed by atoms with E-state index in [1.54, 1.807) is 7.11 Å². The number of aliphatic hydroxyl groups is 1. The summed E-state index contributed by atoms with van der Waals surface area (Å²) < 4.78 is 5.28. The van der Waals surface area contributed by atoms with Crippen LogP contribution in [-0.4, -0.2) is 31.4 Å². The number of hydrogen-bond acceptors (Lipinski definition) is 3. The summed E-state index contributed by atoms with van der Waals surface area (Å²) in [4.78, 5) is 0. The fourth-order valence-electron chi connectivity index (χ4n) is 1.80. The molecule has 1 unspecified atom stereocenters. The molecule has 0 saturated carbocycles. The van der Waals surface area contributed by atoms with Crippen LogP contribution >= 0.6 is 0 Å². The van der Waals surface area contributed by atoms with Crippen molar-refractivity contribution in [2.45, 2.75) is 6.10 Å². The molecule has 3 heteroatoms. The number of ether oxygens (including phenoxy) is 1. The van der Waals surface area contributed by atoms with Gasteiger partial charge in [0.1, 0.15) is 5.75 Å². The number of hydrogen-bond donors (Lipinski definition) is 2. The third-order valence-electron chi connectivity index (χ3n) is 2.52. The van der Waals surface area contributed by atoms with Crippen LogP contribution in [0.15, 0.2) is 30.3 Å². The van der Waals surface area contributed by atoms with Gasteiger partial charge in [-0.15, -0.1) is 0 Å². The highest BCUT2D eigenvalue weighted by molar-refractivity contribution is 5.72. The molecule has 1 aromatic carbocycles. The zero-order chi connectivity index (χ0) is 10.7. The molecule has 1 aliphatic heterocycles. The molecule has 1 aliphatic rings. The maximum Gasteiger partial charge on any atom is 0.126 e. The van der Waals surface area contributed by atoms with Gasteiger partial charge in [-0.25, -0.2) is 0 Å². The molecular weight excluding hydrogens is 190 g/mol. The largest absolute Gasteiger partial charge is 0.496 e. The van der Waals surface area contributed by atoms with Crippen LogP contribution in [0.4, 0.5) is 0 Å². The smallest absolute Gasteiger partial charge is 0.126 e. The first-order chi connectivity index (χ1) is 7.31. The lowest BCUT2D eigenvalue weighted by molar-refractivity contribution is 0.217. The molecule has 0 bridgehead atoms. The quantitative estimate of drug-likeness (QED) is 0.758. The van der Waals surface area contributed by atoms with Crippen molar-refractivity contribution in [1.82, 2.24) is 5.32 Å². The molecule has 0 aliphatic carbocycles. The van der Waals surface area contributed by atoms with E-state index in [1.807, 2.05) is 30.3 Å². The van der Waals surface area contributed by atoms with Crippen LogP contribution in [0, 0.1) is 0 Å². The maximum absolute atomic E-state index is 9.52. The van der Waals surface area contributed by atoms with E-state index in [0.717, 1.165) is 23.4 Å². The van der Waals surface area contributed by atoms with E-state index in [9.17, 15) is 5.11 Å². The Morgan fingerprint density at radius 2 is 2.20 bits per heavy atom.